The van der Waals surface area contributed by atoms with Gasteiger partial charge in [0.15, 0.2) is 0 Å². The molecule has 0 aliphatic heterocycles. The van der Waals surface area contributed by atoms with Crippen molar-refractivity contribution >= 4 is 56.6 Å². The number of hydrogen-bond acceptors (Lipinski definition) is 4. The van der Waals surface area contributed by atoms with Gasteiger partial charge in [-0.1, -0.05) is 12.1 Å². The van der Waals surface area contributed by atoms with Crippen LogP contribution in [0.1, 0.15) is 15.2 Å². The minimum Gasteiger partial charge on any atom is -0.478 e. The maximum atomic E-state index is 11.9. The summed E-state index contributed by atoms with van der Waals surface area (Å²) in [5, 5.41) is 13.8. The second-order valence-corrected chi connectivity index (χ2v) is 6.96. The van der Waals surface area contributed by atoms with Crippen LogP contribution in [0.15, 0.2) is 40.2 Å². The summed E-state index contributed by atoms with van der Waals surface area (Å²) in [7, 11) is 0. The van der Waals surface area contributed by atoms with Crippen molar-refractivity contribution < 1.29 is 14.7 Å². The third-order valence-corrected chi connectivity index (χ3v) is 5.27. The maximum Gasteiger partial charge on any atom is 0.337 e. The molecule has 2 rings (SSSR count). The smallest absolute Gasteiger partial charge is 0.337 e. The zero-order chi connectivity index (χ0) is 15.2. The van der Waals surface area contributed by atoms with Gasteiger partial charge in [-0.05, 0) is 39.5 Å². The molecule has 0 saturated heterocycles. The lowest BCUT2D eigenvalue weighted by atomic mass is 10.2. The Bertz CT molecular complexity index is 644. The quantitative estimate of drug-likeness (QED) is 0.785. The number of halogens is 1. The van der Waals surface area contributed by atoms with Gasteiger partial charge in [0.2, 0.25) is 5.91 Å². The van der Waals surface area contributed by atoms with Crippen molar-refractivity contribution in [1.29, 1.82) is 0 Å². The summed E-state index contributed by atoms with van der Waals surface area (Å²) in [6, 6.07) is 8.77. The number of thioether (sulfide) groups is 1. The summed E-state index contributed by atoms with van der Waals surface area (Å²) < 4.78 is 0.555. The molecule has 0 bridgehead atoms. The molecule has 0 spiro atoms. The molecule has 0 fully saturated rings. The molecule has 0 aliphatic carbocycles. The first-order valence-electron chi connectivity index (χ1n) is 5.99. The van der Waals surface area contributed by atoms with E-state index in [4.69, 9.17) is 5.11 Å². The van der Waals surface area contributed by atoms with Gasteiger partial charge in [0.25, 0.3) is 0 Å². The molecule has 7 heteroatoms. The van der Waals surface area contributed by atoms with Crippen LogP contribution in [0.5, 0.6) is 0 Å². The molecule has 0 aliphatic rings. The van der Waals surface area contributed by atoms with Crippen LogP contribution in [-0.2, 0) is 10.5 Å². The number of carboxylic acid groups (broad SMARTS) is 1. The monoisotopic (exact) mass is 385 g/mol. The van der Waals surface area contributed by atoms with Crippen LogP contribution in [0.3, 0.4) is 0 Å². The average molecular weight is 386 g/mol. The molecule has 1 amide bonds. The van der Waals surface area contributed by atoms with E-state index in [0.717, 1.165) is 5.75 Å². The average Bonchev–Trinajstić information content (AvgIpc) is 2.94. The highest BCUT2D eigenvalue weighted by Crippen LogP contribution is 2.27. The number of carbonyl (C=O) groups excluding carboxylic acids is 1. The number of carboxylic acids is 1. The summed E-state index contributed by atoms with van der Waals surface area (Å²) in [6.07, 6.45) is 0. The molecule has 2 N–H and O–H groups in total. The SMILES string of the molecule is O=C(CSCc1cccs1)Nc1c(Br)cccc1C(=O)O. The minimum absolute atomic E-state index is 0.0704. The Labute approximate surface area is 138 Å². The number of hydrogen-bond donors (Lipinski definition) is 2. The Morgan fingerprint density at radius 1 is 1.29 bits per heavy atom. The van der Waals surface area contributed by atoms with Gasteiger partial charge in [-0.2, -0.15) is 0 Å². The van der Waals surface area contributed by atoms with E-state index in [0.29, 0.717) is 10.2 Å². The summed E-state index contributed by atoms with van der Waals surface area (Å²) in [5.41, 5.74) is 0.368. The Morgan fingerprint density at radius 3 is 2.76 bits per heavy atom. The highest BCUT2D eigenvalue weighted by atomic mass is 79.9. The van der Waals surface area contributed by atoms with Crippen LogP contribution in [0.2, 0.25) is 0 Å². The molecule has 0 saturated carbocycles. The van der Waals surface area contributed by atoms with Gasteiger partial charge in [-0.25, -0.2) is 4.79 Å². The van der Waals surface area contributed by atoms with Crippen LogP contribution in [-0.4, -0.2) is 22.7 Å². The molecular formula is C14H12BrNO3S2. The molecule has 1 heterocycles. The van der Waals surface area contributed by atoms with Crippen molar-refractivity contribution in [3.63, 3.8) is 0 Å². The van der Waals surface area contributed by atoms with Gasteiger partial charge >= 0.3 is 5.97 Å². The zero-order valence-corrected chi connectivity index (χ0v) is 14.1. The summed E-state index contributed by atoms with van der Waals surface area (Å²) >= 11 is 6.40. The summed E-state index contributed by atoms with van der Waals surface area (Å²) in [6.45, 7) is 0. The third-order valence-electron chi connectivity index (χ3n) is 2.57. The molecule has 21 heavy (non-hydrogen) atoms. The highest BCUT2D eigenvalue weighted by Gasteiger charge is 2.15. The van der Waals surface area contributed by atoms with E-state index >= 15 is 0 Å². The molecule has 0 atom stereocenters. The number of para-hydroxylation sites is 1. The maximum absolute atomic E-state index is 11.9. The molecule has 1 aromatic heterocycles. The van der Waals surface area contributed by atoms with E-state index in [1.807, 2.05) is 17.5 Å². The van der Waals surface area contributed by atoms with Crippen LogP contribution >= 0.6 is 39.0 Å². The van der Waals surface area contributed by atoms with Crippen molar-refractivity contribution in [1.82, 2.24) is 0 Å². The van der Waals surface area contributed by atoms with E-state index in [-0.39, 0.29) is 17.2 Å². The van der Waals surface area contributed by atoms with Crippen LogP contribution in [0, 0.1) is 0 Å². The van der Waals surface area contributed by atoms with Gasteiger partial charge in [0.05, 0.1) is 17.0 Å². The van der Waals surface area contributed by atoms with Crippen molar-refractivity contribution in [2.45, 2.75) is 5.75 Å². The molecule has 1 aromatic carbocycles. The number of anilines is 1. The number of aromatic carboxylic acids is 1. The molecule has 4 nitrogen and oxygen atoms in total. The topological polar surface area (TPSA) is 66.4 Å². The predicted molar refractivity (Wildman–Crippen MR) is 90.2 cm³/mol. The lowest BCUT2D eigenvalue weighted by Crippen LogP contribution is -2.17. The second kappa shape index (κ2) is 7.63. The van der Waals surface area contributed by atoms with Gasteiger partial charge in [-0.15, -0.1) is 23.1 Å². The van der Waals surface area contributed by atoms with Gasteiger partial charge < -0.3 is 10.4 Å². The standard InChI is InChI=1S/C14H12BrNO3S2/c15-11-5-1-4-10(14(18)19)13(11)16-12(17)8-20-7-9-3-2-6-21-9/h1-6H,7-8H2,(H,16,17)(H,18,19). The third kappa shape index (κ3) is 4.59. The van der Waals surface area contributed by atoms with Gasteiger partial charge in [-0.3, -0.25) is 4.79 Å². The Hall–Kier alpha value is -1.31. The molecule has 0 radical (unpaired) electrons. The fourth-order valence-corrected chi connectivity index (χ4v) is 3.78. The second-order valence-electron chi connectivity index (χ2n) is 4.09. The van der Waals surface area contributed by atoms with E-state index in [9.17, 15) is 9.59 Å². The normalized spacial score (nSPS) is 10.3. The van der Waals surface area contributed by atoms with Crippen molar-refractivity contribution in [3.8, 4) is 0 Å². The highest BCUT2D eigenvalue weighted by molar-refractivity contribution is 9.10. The van der Waals surface area contributed by atoms with Crippen molar-refractivity contribution in [2.24, 2.45) is 0 Å². The largest absolute Gasteiger partial charge is 0.478 e. The van der Waals surface area contributed by atoms with E-state index < -0.39 is 5.97 Å². The van der Waals surface area contributed by atoms with Gasteiger partial charge in [0.1, 0.15) is 0 Å². The van der Waals surface area contributed by atoms with E-state index in [2.05, 4.69) is 21.2 Å². The Balaban J connectivity index is 1.95. The molecular weight excluding hydrogens is 374 g/mol. The molecule has 2 aromatic rings. The first kappa shape index (κ1) is 16.1. The number of amides is 1. The lowest BCUT2D eigenvalue weighted by molar-refractivity contribution is -0.113. The van der Waals surface area contributed by atoms with E-state index in [1.54, 1.807) is 23.5 Å². The first-order chi connectivity index (χ1) is 10.1. The number of nitrogens with one attached hydrogen (secondary N) is 1. The number of thiophene rings is 1. The van der Waals surface area contributed by atoms with Crippen molar-refractivity contribution in [2.75, 3.05) is 11.1 Å². The van der Waals surface area contributed by atoms with Crippen molar-refractivity contribution in [3.05, 3.63) is 50.6 Å². The fraction of sp³-hybridized carbons (Fsp3) is 0.143. The lowest BCUT2D eigenvalue weighted by Gasteiger charge is -2.10. The van der Waals surface area contributed by atoms with Crippen LogP contribution in [0.4, 0.5) is 5.69 Å². The van der Waals surface area contributed by atoms with E-state index in [1.165, 1.54) is 22.7 Å². The zero-order valence-electron chi connectivity index (χ0n) is 10.8. The predicted octanol–water partition coefficient (Wildman–Crippen LogP) is 4.08. The fourth-order valence-electron chi connectivity index (χ4n) is 1.64. The Kier molecular flexibility index (Phi) is 5.84. The van der Waals surface area contributed by atoms with Gasteiger partial charge in [0, 0.05) is 15.1 Å². The Morgan fingerprint density at radius 2 is 2.10 bits per heavy atom. The minimum atomic E-state index is -1.07. The number of carbonyl (C=O) groups is 2. The number of benzene rings is 1. The summed E-state index contributed by atoms with van der Waals surface area (Å²) in [5.74, 6) is -0.241. The van der Waals surface area contributed by atoms with Crippen LogP contribution in [0.25, 0.3) is 0 Å². The summed E-state index contributed by atoms with van der Waals surface area (Å²) in [4.78, 5) is 24.3. The first-order valence-corrected chi connectivity index (χ1v) is 8.82. The van der Waals surface area contributed by atoms with Crippen LogP contribution < -0.4 is 5.32 Å². The number of rotatable bonds is 6. The molecule has 0 unspecified atom stereocenters. The molecule has 110 valence electrons.